The minimum Gasteiger partial charge on any atom is -0.385 e. The Morgan fingerprint density at radius 1 is 1.45 bits per heavy atom. The Kier molecular flexibility index (Phi) is 2.68. The predicted molar refractivity (Wildman–Crippen MR) is 48.8 cm³/mol. The summed E-state index contributed by atoms with van der Waals surface area (Å²) in [4.78, 5) is 0. The Bertz CT molecular complexity index is 199. The molecule has 0 aliphatic heterocycles. The van der Waals surface area contributed by atoms with E-state index in [1.807, 2.05) is 30.7 Å². The highest BCUT2D eigenvalue weighted by atomic mass is 32.1. The van der Waals surface area contributed by atoms with Crippen LogP contribution in [0.5, 0.6) is 0 Å². The van der Waals surface area contributed by atoms with Gasteiger partial charge in [0.1, 0.15) is 0 Å². The van der Waals surface area contributed by atoms with Crippen LogP contribution in [0.3, 0.4) is 0 Å². The van der Waals surface area contributed by atoms with Crippen molar-refractivity contribution in [1.82, 2.24) is 0 Å². The highest BCUT2D eigenvalue weighted by Gasteiger charge is 2.24. The van der Waals surface area contributed by atoms with Crippen molar-refractivity contribution in [2.75, 3.05) is 0 Å². The van der Waals surface area contributed by atoms with Gasteiger partial charge >= 0.3 is 0 Å². The van der Waals surface area contributed by atoms with Gasteiger partial charge in [-0.05, 0) is 35.2 Å². The lowest BCUT2D eigenvalue weighted by Crippen LogP contribution is -2.22. The Balaban J connectivity index is 2.87. The normalized spacial score (nSPS) is 11.9. The quantitative estimate of drug-likeness (QED) is 0.739. The maximum absolute atomic E-state index is 10.00. The van der Waals surface area contributed by atoms with Crippen LogP contribution in [-0.2, 0) is 5.60 Å². The summed E-state index contributed by atoms with van der Waals surface area (Å²) in [5.41, 5.74) is 0.479. The molecule has 0 saturated carbocycles. The van der Waals surface area contributed by atoms with Crippen molar-refractivity contribution in [3.8, 4) is 0 Å². The van der Waals surface area contributed by atoms with Gasteiger partial charge in [0.05, 0.1) is 5.60 Å². The second kappa shape index (κ2) is 3.37. The van der Waals surface area contributed by atoms with E-state index in [1.165, 1.54) is 0 Å². The van der Waals surface area contributed by atoms with Crippen LogP contribution in [-0.4, -0.2) is 5.11 Å². The molecule has 0 aromatic carbocycles. The van der Waals surface area contributed by atoms with Crippen LogP contribution < -0.4 is 0 Å². The molecule has 0 bridgehead atoms. The van der Waals surface area contributed by atoms with Crippen molar-refractivity contribution in [1.29, 1.82) is 0 Å². The van der Waals surface area contributed by atoms with E-state index in [0.29, 0.717) is 0 Å². The van der Waals surface area contributed by atoms with E-state index in [0.717, 1.165) is 18.4 Å². The van der Waals surface area contributed by atoms with E-state index in [-0.39, 0.29) is 0 Å². The van der Waals surface area contributed by atoms with Crippen molar-refractivity contribution in [2.45, 2.75) is 32.3 Å². The molecule has 0 spiro atoms. The maximum atomic E-state index is 10.00. The van der Waals surface area contributed by atoms with Gasteiger partial charge in [0.25, 0.3) is 0 Å². The Hall–Kier alpha value is -0.340. The van der Waals surface area contributed by atoms with E-state index in [1.54, 1.807) is 11.3 Å². The molecular weight excluding hydrogens is 156 g/mol. The lowest BCUT2D eigenvalue weighted by molar-refractivity contribution is 0.0288. The molecule has 2 heteroatoms. The molecule has 11 heavy (non-hydrogen) atoms. The molecule has 1 nitrogen and oxygen atoms in total. The molecule has 0 saturated heterocycles. The zero-order chi connectivity index (χ0) is 8.32. The van der Waals surface area contributed by atoms with E-state index in [2.05, 4.69) is 0 Å². The van der Waals surface area contributed by atoms with Gasteiger partial charge in [-0.2, -0.15) is 11.3 Å². The average Bonchev–Trinajstić information content (AvgIpc) is 2.55. The lowest BCUT2D eigenvalue weighted by Gasteiger charge is -2.23. The monoisotopic (exact) mass is 170 g/mol. The highest BCUT2D eigenvalue weighted by Crippen LogP contribution is 2.29. The molecule has 62 valence electrons. The van der Waals surface area contributed by atoms with Gasteiger partial charge in [-0.15, -0.1) is 0 Å². The highest BCUT2D eigenvalue weighted by molar-refractivity contribution is 7.08. The van der Waals surface area contributed by atoms with E-state index >= 15 is 0 Å². The third-order valence-electron chi connectivity index (χ3n) is 2.23. The van der Waals surface area contributed by atoms with Gasteiger partial charge < -0.3 is 5.11 Å². The fourth-order valence-electron chi connectivity index (χ4n) is 1.19. The summed E-state index contributed by atoms with van der Waals surface area (Å²) < 4.78 is 0. The smallest absolute Gasteiger partial charge is 0.0899 e. The second-order valence-corrected chi connectivity index (χ2v) is 3.53. The van der Waals surface area contributed by atoms with E-state index < -0.39 is 5.60 Å². The third kappa shape index (κ3) is 1.63. The molecule has 0 aliphatic rings. The molecule has 1 rings (SSSR count). The molecule has 0 fully saturated rings. The number of hydrogen-bond acceptors (Lipinski definition) is 2. The SMILES string of the molecule is CCC(O)(CC)c1ccsc1. The summed E-state index contributed by atoms with van der Waals surface area (Å²) in [7, 11) is 0. The summed E-state index contributed by atoms with van der Waals surface area (Å²) in [6.07, 6.45) is 1.58. The van der Waals surface area contributed by atoms with Crippen molar-refractivity contribution in [2.24, 2.45) is 0 Å². The lowest BCUT2D eigenvalue weighted by atomic mass is 9.91. The van der Waals surface area contributed by atoms with Gasteiger partial charge in [0.2, 0.25) is 0 Å². The van der Waals surface area contributed by atoms with Crippen molar-refractivity contribution in [3.63, 3.8) is 0 Å². The molecule has 0 unspecified atom stereocenters. The maximum Gasteiger partial charge on any atom is 0.0899 e. The minimum absolute atomic E-state index is 0.583. The number of hydrogen-bond donors (Lipinski definition) is 1. The van der Waals surface area contributed by atoms with E-state index in [9.17, 15) is 5.11 Å². The van der Waals surface area contributed by atoms with Crippen LogP contribution in [0, 0.1) is 0 Å². The van der Waals surface area contributed by atoms with Crippen molar-refractivity contribution < 1.29 is 5.11 Å². The Morgan fingerprint density at radius 3 is 2.45 bits per heavy atom. The number of aliphatic hydroxyl groups is 1. The van der Waals surface area contributed by atoms with Gasteiger partial charge in [-0.25, -0.2) is 0 Å². The van der Waals surface area contributed by atoms with Gasteiger partial charge in [0, 0.05) is 0 Å². The average molecular weight is 170 g/mol. The van der Waals surface area contributed by atoms with E-state index in [4.69, 9.17) is 0 Å². The fourth-order valence-corrected chi connectivity index (χ4v) is 1.94. The summed E-state index contributed by atoms with van der Waals surface area (Å²) in [5, 5.41) is 14.0. The summed E-state index contributed by atoms with van der Waals surface area (Å²) in [6.45, 7) is 4.03. The first-order valence-electron chi connectivity index (χ1n) is 3.98. The molecule has 0 aliphatic carbocycles. The molecule has 1 aromatic rings. The topological polar surface area (TPSA) is 20.2 Å². The van der Waals surface area contributed by atoms with Gasteiger partial charge in [0.15, 0.2) is 0 Å². The van der Waals surface area contributed by atoms with Crippen LogP contribution in [0.1, 0.15) is 32.3 Å². The molecular formula is C9H14OS. The molecule has 1 heterocycles. The Morgan fingerprint density at radius 2 is 2.09 bits per heavy atom. The molecule has 1 N–H and O–H groups in total. The first-order valence-corrected chi connectivity index (χ1v) is 4.92. The van der Waals surface area contributed by atoms with Crippen LogP contribution in [0.15, 0.2) is 16.8 Å². The van der Waals surface area contributed by atoms with Gasteiger partial charge in [-0.3, -0.25) is 0 Å². The van der Waals surface area contributed by atoms with Crippen molar-refractivity contribution in [3.05, 3.63) is 22.4 Å². The minimum atomic E-state index is -0.583. The first-order chi connectivity index (χ1) is 5.23. The van der Waals surface area contributed by atoms with Crippen LogP contribution >= 0.6 is 11.3 Å². The summed E-state index contributed by atoms with van der Waals surface area (Å²) in [6, 6.07) is 2.00. The van der Waals surface area contributed by atoms with Gasteiger partial charge in [-0.1, -0.05) is 13.8 Å². The largest absolute Gasteiger partial charge is 0.385 e. The second-order valence-electron chi connectivity index (χ2n) is 2.75. The fraction of sp³-hybridized carbons (Fsp3) is 0.556. The molecule has 0 atom stereocenters. The van der Waals surface area contributed by atoms with Crippen LogP contribution in [0.2, 0.25) is 0 Å². The molecule has 0 radical (unpaired) electrons. The third-order valence-corrected chi connectivity index (χ3v) is 2.91. The summed E-state index contributed by atoms with van der Waals surface area (Å²) in [5.74, 6) is 0. The number of rotatable bonds is 3. The zero-order valence-corrected chi connectivity index (χ0v) is 7.82. The molecule has 0 amide bonds. The molecule has 1 aromatic heterocycles. The standard InChI is InChI=1S/C9H14OS/c1-3-9(10,4-2)8-5-6-11-7-8/h5-7,10H,3-4H2,1-2H3. The zero-order valence-electron chi connectivity index (χ0n) is 7.00. The predicted octanol–water partition coefficient (Wildman–Crippen LogP) is 2.76. The van der Waals surface area contributed by atoms with Crippen molar-refractivity contribution >= 4 is 11.3 Å². The number of thiophene rings is 1. The Labute approximate surface area is 71.7 Å². The summed E-state index contributed by atoms with van der Waals surface area (Å²) >= 11 is 1.64. The van der Waals surface area contributed by atoms with Crippen LogP contribution in [0.4, 0.5) is 0 Å². The first kappa shape index (κ1) is 8.75. The van der Waals surface area contributed by atoms with Crippen LogP contribution in [0.25, 0.3) is 0 Å².